The molecule has 0 radical (unpaired) electrons. The van der Waals surface area contributed by atoms with E-state index in [1.807, 2.05) is 51.3 Å². The van der Waals surface area contributed by atoms with Crippen LogP contribution < -0.4 is 5.32 Å². The molecule has 27 heavy (non-hydrogen) atoms. The molecule has 1 amide bonds. The third kappa shape index (κ3) is 4.10. The quantitative estimate of drug-likeness (QED) is 0.800. The third-order valence-electron chi connectivity index (χ3n) is 5.11. The molecule has 0 spiro atoms. The van der Waals surface area contributed by atoms with E-state index in [9.17, 15) is 23.1 Å². The van der Waals surface area contributed by atoms with Crippen LogP contribution in [0.15, 0.2) is 12.1 Å². The zero-order chi connectivity index (χ0) is 20.8. The van der Waals surface area contributed by atoms with Gasteiger partial charge in [-0.1, -0.05) is 6.92 Å². The first-order chi connectivity index (χ1) is 12.2. The second-order valence-electron chi connectivity index (χ2n) is 7.86. The molecule has 0 bridgehead atoms. The molecule has 0 unspecified atom stereocenters. The number of amides is 1. The molecule has 0 aliphatic rings. The number of aromatic nitrogens is 2. The second-order valence-corrected chi connectivity index (χ2v) is 7.86. The predicted octanol–water partition coefficient (Wildman–Crippen LogP) is 4.44. The number of carbonyl (C=O) groups excluding carboxylic acids is 1. The smallest absolute Gasteiger partial charge is 0.380 e. The summed E-state index contributed by atoms with van der Waals surface area (Å²) in [6, 6.07) is 3.84. The van der Waals surface area contributed by atoms with Crippen LogP contribution in [0.1, 0.15) is 51.7 Å². The highest BCUT2D eigenvalue weighted by atomic mass is 19.4. The minimum absolute atomic E-state index is 0.171. The van der Waals surface area contributed by atoms with Crippen molar-refractivity contribution in [1.29, 1.82) is 0 Å². The molecule has 1 aromatic carbocycles. The number of rotatable bonds is 5. The van der Waals surface area contributed by atoms with Crippen LogP contribution in [0.2, 0.25) is 0 Å². The zero-order valence-electron chi connectivity index (χ0n) is 16.5. The van der Waals surface area contributed by atoms with Crippen LogP contribution in [0, 0.1) is 13.8 Å². The normalized spacial score (nSPS) is 15.0. The van der Waals surface area contributed by atoms with Crippen LogP contribution in [-0.4, -0.2) is 32.3 Å². The fourth-order valence-corrected chi connectivity index (χ4v) is 2.77. The molecule has 2 rings (SSSR count). The number of hydrogen-bond acceptors (Lipinski definition) is 3. The molecule has 1 heterocycles. The molecule has 2 N–H and O–H groups in total. The first-order valence-corrected chi connectivity index (χ1v) is 8.79. The van der Waals surface area contributed by atoms with E-state index in [1.165, 1.54) is 0 Å². The van der Waals surface area contributed by atoms with E-state index in [0.717, 1.165) is 16.6 Å². The summed E-state index contributed by atoms with van der Waals surface area (Å²) in [6.07, 6.45) is -5.29. The number of benzene rings is 1. The van der Waals surface area contributed by atoms with Crippen LogP contribution in [-0.2, 0) is 10.3 Å². The lowest BCUT2D eigenvalue weighted by molar-refractivity contribution is -0.253. The number of aliphatic hydroxyl groups is 1. The van der Waals surface area contributed by atoms with Crippen molar-refractivity contribution < 1.29 is 23.1 Å². The first kappa shape index (κ1) is 21.2. The fraction of sp³-hybridized carbons (Fsp3) is 0.579. The maximum Gasteiger partial charge on any atom is 0.417 e. The van der Waals surface area contributed by atoms with Crippen LogP contribution in [0.5, 0.6) is 0 Å². The van der Waals surface area contributed by atoms with E-state index in [0.29, 0.717) is 18.9 Å². The number of imidazole rings is 1. The number of fused-ring (bicyclic) bond motifs is 1. The van der Waals surface area contributed by atoms with Gasteiger partial charge in [0.1, 0.15) is 0 Å². The highest BCUT2D eigenvalue weighted by Gasteiger charge is 2.51. The summed E-state index contributed by atoms with van der Waals surface area (Å²) in [4.78, 5) is 16.7. The largest absolute Gasteiger partial charge is 0.417 e. The Morgan fingerprint density at radius 2 is 1.74 bits per heavy atom. The van der Waals surface area contributed by atoms with Gasteiger partial charge in [-0.25, -0.2) is 4.98 Å². The molecule has 5 nitrogen and oxygen atoms in total. The topological polar surface area (TPSA) is 67.2 Å². The minimum atomic E-state index is -4.90. The van der Waals surface area contributed by atoms with Crippen molar-refractivity contribution in [3.8, 4) is 0 Å². The molecule has 8 heteroatoms. The monoisotopic (exact) mass is 385 g/mol. The highest BCUT2D eigenvalue weighted by Crippen LogP contribution is 2.34. The molecule has 0 saturated heterocycles. The standard InChI is InChI=1S/C19H26F3N3O2/c1-7-17(4,5)25-14-9-12(3)11(2)8-13(14)23-16(25)24-15(26)10-18(6,27)19(20,21)22/h8-9,27H,7,10H2,1-6H3,(H,23,24,26)/t18-/m1/s1. The number of anilines is 1. The lowest BCUT2D eigenvalue weighted by Crippen LogP contribution is -2.45. The van der Waals surface area contributed by atoms with Crippen molar-refractivity contribution in [2.24, 2.45) is 0 Å². The van der Waals surface area contributed by atoms with Gasteiger partial charge in [0.25, 0.3) is 0 Å². The van der Waals surface area contributed by atoms with E-state index in [1.54, 1.807) is 0 Å². The van der Waals surface area contributed by atoms with E-state index >= 15 is 0 Å². The predicted molar refractivity (Wildman–Crippen MR) is 98.7 cm³/mol. The van der Waals surface area contributed by atoms with Gasteiger partial charge in [-0.05, 0) is 64.3 Å². The van der Waals surface area contributed by atoms with Crippen molar-refractivity contribution in [3.05, 3.63) is 23.3 Å². The molecule has 0 aliphatic carbocycles. The van der Waals surface area contributed by atoms with Crippen LogP contribution in [0.4, 0.5) is 19.1 Å². The summed E-state index contributed by atoms with van der Waals surface area (Å²) >= 11 is 0. The minimum Gasteiger partial charge on any atom is -0.380 e. The summed E-state index contributed by atoms with van der Waals surface area (Å²) in [5.41, 5.74) is -0.0133. The molecular formula is C19H26F3N3O2. The van der Waals surface area contributed by atoms with Gasteiger partial charge in [0.15, 0.2) is 5.60 Å². The van der Waals surface area contributed by atoms with Crippen LogP contribution in [0.3, 0.4) is 0 Å². The molecule has 1 aromatic heterocycles. The Hall–Kier alpha value is -2.09. The molecule has 2 aromatic rings. The third-order valence-corrected chi connectivity index (χ3v) is 5.11. The zero-order valence-corrected chi connectivity index (χ0v) is 16.5. The van der Waals surface area contributed by atoms with Crippen molar-refractivity contribution in [1.82, 2.24) is 9.55 Å². The van der Waals surface area contributed by atoms with Crippen LogP contribution >= 0.6 is 0 Å². The van der Waals surface area contributed by atoms with Gasteiger partial charge in [0, 0.05) is 5.54 Å². The van der Waals surface area contributed by atoms with Crippen molar-refractivity contribution in [3.63, 3.8) is 0 Å². The molecule has 0 aliphatic heterocycles. The number of nitrogens with zero attached hydrogens (tertiary/aromatic N) is 2. The fourth-order valence-electron chi connectivity index (χ4n) is 2.77. The van der Waals surface area contributed by atoms with E-state index in [-0.39, 0.29) is 5.95 Å². The average molecular weight is 385 g/mol. The summed E-state index contributed by atoms with van der Waals surface area (Å²) in [7, 11) is 0. The number of alkyl halides is 3. The van der Waals surface area contributed by atoms with Gasteiger partial charge in [0.05, 0.1) is 17.5 Å². The maximum atomic E-state index is 12.9. The van der Waals surface area contributed by atoms with Gasteiger partial charge in [-0.2, -0.15) is 13.2 Å². The van der Waals surface area contributed by atoms with Gasteiger partial charge in [0.2, 0.25) is 11.9 Å². The number of halogens is 3. The summed E-state index contributed by atoms with van der Waals surface area (Å²) < 4.78 is 40.4. The number of nitrogens with one attached hydrogen (secondary N) is 1. The first-order valence-electron chi connectivity index (χ1n) is 8.79. The number of carbonyl (C=O) groups is 1. The molecule has 0 fully saturated rings. The van der Waals surface area contributed by atoms with Crippen LogP contribution in [0.25, 0.3) is 11.0 Å². The highest BCUT2D eigenvalue weighted by molar-refractivity contribution is 5.92. The van der Waals surface area contributed by atoms with E-state index in [2.05, 4.69) is 10.3 Å². The summed E-state index contributed by atoms with van der Waals surface area (Å²) in [5, 5.41) is 12.0. The Morgan fingerprint density at radius 3 is 2.26 bits per heavy atom. The van der Waals surface area contributed by atoms with Crippen molar-refractivity contribution >= 4 is 22.9 Å². The second kappa shape index (κ2) is 6.82. The Labute approximate surface area is 156 Å². The van der Waals surface area contributed by atoms with Gasteiger partial charge in [-0.3, -0.25) is 10.1 Å². The average Bonchev–Trinajstić information content (AvgIpc) is 2.83. The lowest BCUT2D eigenvalue weighted by atomic mass is 10.0. The summed E-state index contributed by atoms with van der Waals surface area (Å²) in [5.74, 6) is -0.779. The van der Waals surface area contributed by atoms with Gasteiger partial charge >= 0.3 is 6.18 Å². The van der Waals surface area contributed by atoms with E-state index in [4.69, 9.17) is 0 Å². The van der Waals surface area contributed by atoms with Gasteiger partial charge in [-0.15, -0.1) is 0 Å². The summed E-state index contributed by atoms with van der Waals surface area (Å²) in [6.45, 7) is 10.4. The Morgan fingerprint density at radius 1 is 1.19 bits per heavy atom. The maximum absolute atomic E-state index is 12.9. The molecule has 150 valence electrons. The Kier molecular flexibility index (Phi) is 5.35. The number of hydrogen-bond donors (Lipinski definition) is 2. The van der Waals surface area contributed by atoms with Crippen molar-refractivity contribution in [2.45, 2.75) is 71.7 Å². The van der Waals surface area contributed by atoms with Crippen molar-refractivity contribution in [2.75, 3.05) is 5.32 Å². The SMILES string of the molecule is CCC(C)(C)n1c(NC(=O)C[C@@](C)(O)C(F)(F)F)nc2cc(C)c(C)cc21. The molecule has 0 saturated carbocycles. The molecule has 1 atom stereocenters. The lowest BCUT2D eigenvalue weighted by Gasteiger charge is -2.29. The molecular weight excluding hydrogens is 359 g/mol. The van der Waals surface area contributed by atoms with Gasteiger partial charge < -0.3 is 9.67 Å². The Bertz CT molecular complexity index is 867. The van der Waals surface area contributed by atoms with E-state index < -0.39 is 29.6 Å². The number of aryl methyl sites for hydroxylation is 2. The Balaban J connectivity index is 2.49.